The summed E-state index contributed by atoms with van der Waals surface area (Å²) >= 11 is 0. The van der Waals surface area contributed by atoms with Gasteiger partial charge in [-0.15, -0.1) is 0 Å². The number of hydrogen-bond donors (Lipinski definition) is 2. The summed E-state index contributed by atoms with van der Waals surface area (Å²) in [5.74, 6) is -1.11. The van der Waals surface area contributed by atoms with Crippen LogP contribution in [0.25, 0.3) is 0 Å². The van der Waals surface area contributed by atoms with Crippen LogP contribution in [-0.2, 0) is 4.79 Å². The van der Waals surface area contributed by atoms with Gasteiger partial charge in [0.1, 0.15) is 11.8 Å². The van der Waals surface area contributed by atoms with Gasteiger partial charge in [0.25, 0.3) is 5.91 Å². The van der Waals surface area contributed by atoms with Crippen LogP contribution >= 0.6 is 0 Å². The number of benzene rings is 1. The maximum Gasteiger partial charge on any atom is 0.325 e. The number of rotatable bonds is 4. The van der Waals surface area contributed by atoms with E-state index >= 15 is 0 Å². The molecule has 1 rings (SSSR count). The Morgan fingerprint density at radius 3 is 2.59 bits per heavy atom. The lowest BCUT2D eigenvalue weighted by Gasteiger charge is -2.12. The fourth-order valence-corrected chi connectivity index (χ4v) is 1.32. The first-order valence-corrected chi connectivity index (χ1v) is 5.14. The maximum atomic E-state index is 11.8. The van der Waals surface area contributed by atoms with E-state index in [9.17, 15) is 9.59 Å². The average molecular weight is 237 g/mol. The second-order valence-corrected chi connectivity index (χ2v) is 3.74. The largest absolute Gasteiger partial charge is 0.496 e. The second-order valence-electron chi connectivity index (χ2n) is 3.74. The van der Waals surface area contributed by atoms with Crippen molar-refractivity contribution in [2.24, 2.45) is 0 Å². The molecule has 1 atom stereocenters. The molecule has 0 spiro atoms. The molecular weight excluding hydrogens is 222 g/mol. The van der Waals surface area contributed by atoms with Crippen molar-refractivity contribution in [2.45, 2.75) is 19.9 Å². The lowest BCUT2D eigenvalue weighted by atomic mass is 10.1. The summed E-state index contributed by atoms with van der Waals surface area (Å²) in [6, 6.07) is 4.16. The Labute approximate surface area is 99.4 Å². The van der Waals surface area contributed by atoms with Crippen LogP contribution in [0.2, 0.25) is 0 Å². The lowest BCUT2D eigenvalue weighted by Crippen LogP contribution is -2.38. The van der Waals surface area contributed by atoms with Gasteiger partial charge in [0.05, 0.1) is 12.7 Å². The molecule has 0 saturated heterocycles. The summed E-state index contributed by atoms with van der Waals surface area (Å²) in [6.07, 6.45) is 0. The van der Waals surface area contributed by atoms with Gasteiger partial charge in [0, 0.05) is 0 Å². The van der Waals surface area contributed by atoms with Crippen LogP contribution in [0, 0.1) is 6.92 Å². The first kappa shape index (κ1) is 13.0. The zero-order valence-corrected chi connectivity index (χ0v) is 9.98. The Hall–Kier alpha value is -2.04. The topological polar surface area (TPSA) is 75.6 Å². The van der Waals surface area contributed by atoms with Crippen molar-refractivity contribution in [3.63, 3.8) is 0 Å². The molecule has 0 aliphatic heterocycles. The van der Waals surface area contributed by atoms with Gasteiger partial charge in [-0.2, -0.15) is 0 Å². The van der Waals surface area contributed by atoms with Crippen LogP contribution in [0.1, 0.15) is 22.8 Å². The third kappa shape index (κ3) is 3.21. The quantitative estimate of drug-likeness (QED) is 0.825. The Kier molecular flexibility index (Phi) is 4.09. The van der Waals surface area contributed by atoms with Crippen molar-refractivity contribution in [3.05, 3.63) is 29.3 Å². The third-order valence-corrected chi connectivity index (χ3v) is 2.32. The predicted octanol–water partition coefficient (Wildman–Crippen LogP) is 1.21. The molecule has 5 heteroatoms. The van der Waals surface area contributed by atoms with Crippen molar-refractivity contribution in [3.8, 4) is 5.75 Å². The van der Waals surface area contributed by atoms with E-state index in [1.54, 1.807) is 18.2 Å². The van der Waals surface area contributed by atoms with Gasteiger partial charge in [-0.3, -0.25) is 9.59 Å². The van der Waals surface area contributed by atoms with Crippen molar-refractivity contribution in [1.82, 2.24) is 5.32 Å². The molecule has 1 aromatic rings. The first-order valence-electron chi connectivity index (χ1n) is 5.14. The minimum Gasteiger partial charge on any atom is -0.496 e. The minimum absolute atomic E-state index is 0.325. The predicted molar refractivity (Wildman–Crippen MR) is 62.3 cm³/mol. The highest BCUT2D eigenvalue weighted by molar-refractivity contribution is 5.98. The highest BCUT2D eigenvalue weighted by atomic mass is 16.5. The van der Waals surface area contributed by atoms with Crippen molar-refractivity contribution in [2.75, 3.05) is 7.11 Å². The van der Waals surface area contributed by atoms with Crippen LogP contribution in [-0.4, -0.2) is 30.1 Å². The van der Waals surface area contributed by atoms with E-state index in [0.717, 1.165) is 5.56 Å². The van der Waals surface area contributed by atoms with E-state index in [1.807, 2.05) is 6.92 Å². The van der Waals surface area contributed by atoms with Gasteiger partial charge in [0.2, 0.25) is 0 Å². The summed E-state index contributed by atoms with van der Waals surface area (Å²) < 4.78 is 5.08. The van der Waals surface area contributed by atoms with Gasteiger partial charge in [-0.25, -0.2) is 0 Å². The number of methoxy groups -OCH3 is 1. The van der Waals surface area contributed by atoms with Crippen LogP contribution in [0.15, 0.2) is 18.2 Å². The molecule has 0 heterocycles. The summed E-state index contributed by atoms with van der Waals surface area (Å²) in [5, 5.41) is 11.1. The molecule has 1 amide bonds. The molecule has 0 bridgehead atoms. The Morgan fingerprint density at radius 2 is 2.06 bits per heavy atom. The van der Waals surface area contributed by atoms with E-state index in [2.05, 4.69) is 5.32 Å². The van der Waals surface area contributed by atoms with E-state index in [1.165, 1.54) is 14.0 Å². The molecule has 0 unspecified atom stereocenters. The molecule has 0 aromatic heterocycles. The highest BCUT2D eigenvalue weighted by Gasteiger charge is 2.18. The van der Waals surface area contributed by atoms with Crippen molar-refractivity contribution < 1.29 is 19.4 Å². The van der Waals surface area contributed by atoms with E-state index in [0.29, 0.717) is 11.3 Å². The summed E-state index contributed by atoms with van der Waals surface area (Å²) in [5.41, 5.74) is 1.29. The SMILES string of the molecule is COc1cc(C)ccc1C(=O)N[C@@H](C)C(=O)O. The molecule has 2 N–H and O–H groups in total. The van der Waals surface area contributed by atoms with Gasteiger partial charge in [-0.1, -0.05) is 6.07 Å². The van der Waals surface area contributed by atoms with Gasteiger partial charge >= 0.3 is 5.97 Å². The van der Waals surface area contributed by atoms with E-state index in [4.69, 9.17) is 9.84 Å². The van der Waals surface area contributed by atoms with Gasteiger partial charge < -0.3 is 15.2 Å². The molecule has 5 nitrogen and oxygen atoms in total. The van der Waals surface area contributed by atoms with Crippen LogP contribution < -0.4 is 10.1 Å². The van der Waals surface area contributed by atoms with Gasteiger partial charge in [-0.05, 0) is 31.5 Å². The van der Waals surface area contributed by atoms with Crippen molar-refractivity contribution >= 4 is 11.9 Å². The molecule has 92 valence electrons. The summed E-state index contributed by atoms with van der Waals surface area (Å²) in [7, 11) is 1.46. The maximum absolute atomic E-state index is 11.8. The number of ether oxygens (including phenoxy) is 1. The summed E-state index contributed by atoms with van der Waals surface area (Å²) in [6.45, 7) is 3.28. The smallest absolute Gasteiger partial charge is 0.325 e. The van der Waals surface area contributed by atoms with Crippen LogP contribution in [0.5, 0.6) is 5.75 Å². The molecule has 17 heavy (non-hydrogen) atoms. The monoisotopic (exact) mass is 237 g/mol. The molecule has 0 aliphatic rings. The Morgan fingerprint density at radius 1 is 1.41 bits per heavy atom. The zero-order valence-electron chi connectivity index (χ0n) is 9.98. The highest BCUT2D eigenvalue weighted by Crippen LogP contribution is 2.19. The molecular formula is C12H15NO4. The number of aryl methyl sites for hydroxylation is 1. The molecule has 0 saturated carbocycles. The lowest BCUT2D eigenvalue weighted by molar-refractivity contribution is -0.138. The number of carbonyl (C=O) groups is 2. The normalized spacial score (nSPS) is 11.7. The van der Waals surface area contributed by atoms with E-state index < -0.39 is 17.9 Å². The Balaban J connectivity index is 2.92. The minimum atomic E-state index is -1.08. The molecule has 0 fully saturated rings. The fourth-order valence-electron chi connectivity index (χ4n) is 1.32. The zero-order chi connectivity index (χ0) is 13.0. The fraction of sp³-hybridized carbons (Fsp3) is 0.333. The number of amides is 1. The average Bonchev–Trinajstić information content (AvgIpc) is 2.28. The number of carboxylic acids is 1. The van der Waals surface area contributed by atoms with Crippen molar-refractivity contribution in [1.29, 1.82) is 0 Å². The number of nitrogens with one attached hydrogen (secondary N) is 1. The standard InChI is InChI=1S/C12H15NO4/c1-7-4-5-9(10(6-7)17-3)11(14)13-8(2)12(15)16/h4-6,8H,1-3H3,(H,13,14)(H,15,16)/t8-/m0/s1. The number of carboxylic acid groups (broad SMARTS) is 1. The van der Waals surface area contributed by atoms with Gasteiger partial charge in [0.15, 0.2) is 0 Å². The number of hydrogen-bond acceptors (Lipinski definition) is 3. The first-order chi connectivity index (χ1) is 7.95. The number of carbonyl (C=O) groups excluding carboxylic acids is 1. The Bertz CT molecular complexity index is 442. The molecule has 0 aliphatic carbocycles. The second kappa shape index (κ2) is 5.34. The van der Waals surface area contributed by atoms with Crippen LogP contribution in [0.3, 0.4) is 0 Å². The molecule has 0 radical (unpaired) electrons. The number of aliphatic carboxylic acids is 1. The van der Waals surface area contributed by atoms with Crippen LogP contribution in [0.4, 0.5) is 0 Å². The van der Waals surface area contributed by atoms with E-state index in [-0.39, 0.29) is 0 Å². The molecule has 1 aromatic carbocycles. The summed E-state index contributed by atoms with van der Waals surface area (Å²) in [4.78, 5) is 22.4. The third-order valence-electron chi connectivity index (χ3n) is 2.32.